The van der Waals surface area contributed by atoms with Crippen molar-refractivity contribution in [1.29, 1.82) is 0 Å². The Hall–Kier alpha value is -1.75. The quantitative estimate of drug-likeness (QED) is 0.579. The van der Waals surface area contributed by atoms with Crippen LogP contribution < -0.4 is 0 Å². The second-order valence-corrected chi connectivity index (χ2v) is 2.70. The van der Waals surface area contributed by atoms with Gasteiger partial charge in [-0.15, -0.1) is 6.42 Å². The lowest BCUT2D eigenvalue weighted by Gasteiger charge is -1.88. The van der Waals surface area contributed by atoms with Crippen molar-refractivity contribution in [2.45, 2.75) is 6.92 Å². The third kappa shape index (κ3) is 0.960. The minimum Gasteiger partial charge on any atom is -0.342 e. The van der Waals surface area contributed by atoms with Crippen LogP contribution in [0.25, 0.3) is 11.0 Å². The first-order chi connectivity index (χ1) is 5.79. The van der Waals surface area contributed by atoms with Crippen LogP contribution in [0.5, 0.6) is 0 Å². The summed E-state index contributed by atoms with van der Waals surface area (Å²) in [6.07, 6.45) is 5.26. The molecule has 58 valence electrons. The number of imidazole rings is 1. The molecular weight excluding hydrogens is 148 g/mol. The molecule has 2 aromatic rings. The highest BCUT2D eigenvalue weighted by atomic mass is 14.9. The molecule has 0 amide bonds. The molecule has 1 N–H and O–H groups in total. The van der Waals surface area contributed by atoms with Crippen molar-refractivity contribution < 1.29 is 0 Å². The topological polar surface area (TPSA) is 28.7 Å². The summed E-state index contributed by atoms with van der Waals surface area (Å²) in [6, 6.07) is 5.74. The van der Waals surface area contributed by atoms with Gasteiger partial charge in [0, 0.05) is 5.56 Å². The molecule has 0 aliphatic heterocycles. The molecule has 2 rings (SSSR count). The average Bonchev–Trinajstić information content (AvgIpc) is 2.43. The fourth-order valence-electron chi connectivity index (χ4n) is 1.23. The van der Waals surface area contributed by atoms with E-state index in [1.807, 2.05) is 25.1 Å². The number of hydrogen-bond acceptors (Lipinski definition) is 1. The summed E-state index contributed by atoms with van der Waals surface area (Å²) in [5.41, 5.74) is 2.85. The molecule has 1 aromatic carbocycles. The van der Waals surface area contributed by atoms with Crippen molar-refractivity contribution in [2.24, 2.45) is 0 Å². The number of aromatic nitrogens is 2. The van der Waals surface area contributed by atoms with Gasteiger partial charge in [0.1, 0.15) is 5.82 Å². The molecule has 0 atom stereocenters. The number of H-pyrrole nitrogens is 1. The summed E-state index contributed by atoms with van der Waals surface area (Å²) in [4.78, 5) is 7.39. The molecular formula is C10H8N2. The van der Waals surface area contributed by atoms with Gasteiger partial charge in [0.05, 0.1) is 11.0 Å². The van der Waals surface area contributed by atoms with E-state index in [-0.39, 0.29) is 0 Å². The Morgan fingerprint density at radius 1 is 1.50 bits per heavy atom. The van der Waals surface area contributed by atoms with E-state index in [0.717, 1.165) is 22.4 Å². The van der Waals surface area contributed by atoms with Gasteiger partial charge in [-0.1, -0.05) is 5.92 Å². The molecule has 0 fully saturated rings. The van der Waals surface area contributed by atoms with E-state index in [9.17, 15) is 0 Å². The Bertz CT molecular complexity index is 460. The largest absolute Gasteiger partial charge is 0.342 e. The molecule has 0 saturated heterocycles. The maximum atomic E-state index is 5.26. The Morgan fingerprint density at radius 3 is 3.08 bits per heavy atom. The minimum absolute atomic E-state index is 0.881. The SMILES string of the molecule is C#Cc1ccc2nc(C)[nH]c2c1. The van der Waals surface area contributed by atoms with E-state index in [4.69, 9.17) is 6.42 Å². The zero-order valence-corrected chi connectivity index (χ0v) is 6.76. The van der Waals surface area contributed by atoms with Gasteiger partial charge in [-0.2, -0.15) is 0 Å². The zero-order chi connectivity index (χ0) is 8.55. The van der Waals surface area contributed by atoms with Crippen molar-refractivity contribution in [3.63, 3.8) is 0 Å². The number of hydrogen-bond donors (Lipinski definition) is 1. The van der Waals surface area contributed by atoms with Crippen molar-refractivity contribution in [3.05, 3.63) is 29.6 Å². The van der Waals surface area contributed by atoms with E-state index < -0.39 is 0 Å². The van der Waals surface area contributed by atoms with Gasteiger partial charge in [-0.25, -0.2) is 4.98 Å². The van der Waals surface area contributed by atoms with Crippen LogP contribution in [0.2, 0.25) is 0 Å². The maximum Gasteiger partial charge on any atom is 0.104 e. The predicted octanol–water partition coefficient (Wildman–Crippen LogP) is 1.85. The van der Waals surface area contributed by atoms with E-state index in [1.165, 1.54) is 0 Å². The summed E-state index contributed by atoms with van der Waals surface area (Å²) in [7, 11) is 0. The van der Waals surface area contributed by atoms with Crippen LogP contribution in [0.15, 0.2) is 18.2 Å². The normalized spacial score (nSPS) is 10.0. The minimum atomic E-state index is 0.881. The van der Waals surface area contributed by atoms with Gasteiger partial charge in [0.15, 0.2) is 0 Å². The molecule has 2 nitrogen and oxygen atoms in total. The highest BCUT2D eigenvalue weighted by Crippen LogP contribution is 2.12. The average molecular weight is 156 g/mol. The number of fused-ring (bicyclic) bond motifs is 1. The summed E-state index contributed by atoms with van der Waals surface area (Å²) in [5.74, 6) is 3.50. The van der Waals surface area contributed by atoms with Gasteiger partial charge < -0.3 is 4.98 Å². The number of nitrogens with zero attached hydrogens (tertiary/aromatic N) is 1. The van der Waals surface area contributed by atoms with Crippen molar-refractivity contribution in [1.82, 2.24) is 9.97 Å². The molecule has 0 aliphatic carbocycles. The standard InChI is InChI=1S/C10H8N2/c1-3-8-4-5-9-10(6-8)12-7(2)11-9/h1,4-6H,2H3,(H,11,12). The first-order valence-corrected chi connectivity index (χ1v) is 3.72. The Kier molecular flexibility index (Phi) is 1.38. The van der Waals surface area contributed by atoms with E-state index >= 15 is 0 Å². The number of aryl methyl sites for hydroxylation is 1. The second kappa shape index (κ2) is 2.38. The fraction of sp³-hybridized carbons (Fsp3) is 0.100. The Balaban J connectivity index is 2.77. The van der Waals surface area contributed by atoms with Gasteiger partial charge in [0.2, 0.25) is 0 Å². The number of benzene rings is 1. The first kappa shape index (κ1) is 6.93. The third-order valence-corrected chi connectivity index (χ3v) is 1.77. The number of rotatable bonds is 0. The highest BCUT2D eigenvalue weighted by molar-refractivity contribution is 5.76. The molecule has 12 heavy (non-hydrogen) atoms. The van der Waals surface area contributed by atoms with Crippen LogP contribution in [0.1, 0.15) is 11.4 Å². The summed E-state index contributed by atoms with van der Waals surface area (Å²) < 4.78 is 0. The van der Waals surface area contributed by atoms with Crippen molar-refractivity contribution in [3.8, 4) is 12.3 Å². The predicted molar refractivity (Wildman–Crippen MR) is 48.8 cm³/mol. The monoisotopic (exact) mass is 156 g/mol. The van der Waals surface area contributed by atoms with Crippen molar-refractivity contribution >= 4 is 11.0 Å². The van der Waals surface area contributed by atoms with Crippen molar-refractivity contribution in [2.75, 3.05) is 0 Å². The number of aromatic amines is 1. The molecule has 1 heterocycles. The van der Waals surface area contributed by atoms with Gasteiger partial charge >= 0.3 is 0 Å². The van der Waals surface area contributed by atoms with E-state index in [1.54, 1.807) is 0 Å². The zero-order valence-electron chi connectivity index (χ0n) is 6.76. The summed E-state index contributed by atoms with van der Waals surface area (Å²) in [6.45, 7) is 1.93. The lowest BCUT2D eigenvalue weighted by atomic mass is 10.2. The van der Waals surface area contributed by atoms with Gasteiger partial charge in [-0.05, 0) is 25.1 Å². The molecule has 0 bridgehead atoms. The fourth-order valence-corrected chi connectivity index (χ4v) is 1.23. The maximum absolute atomic E-state index is 5.26. The molecule has 1 aromatic heterocycles. The smallest absolute Gasteiger partial charge is 0.104 e. The van der Waals surface area contributed by atoms with E-state index in [0.29, 0.717) is 0 Å². The van der Waals surface area contributed by atoms with Crippen LogP contribution in [0.4, 0.5) is 0 Å². The lowest BCUT2D eigenvalue weighted by Crippen LogP contribution is -1.73. The molecule has 2 heteroatoms. The highest BCUT2D eigenvalue weighted by Gasteiger charge is 1.98. The molecule has 0 spiro atoms. The number of nitrogens with one attached hydrogen (secondary N) is 1. The van der Waals surface area contributed by atoms with Crippen LogP contribution in [-0.2, 0) is 0 Å². The van der Waals surface area contributed by atoms with Gasteiger partial charge in [-0.3, -0.25) is 0 Å². The molecule has 0 unspecified atom stereocenters. The molecule has 0 radical (unpaired) electrons. The molecule has 0 saturated carbocycles. The van der Waals surface area contributed by atoms with Crippen LogP contribution >= 0.6 is 0 Å². The van der Waals surface area contributed by atoms with Crippen LogP contribution in [0.3, 0.4) is 0 Å². The summed E-state index contributed by atoms with van der Waals surface area (Å²) in [5, 5.41) is 0. The Morgan fingerprint density at radius 2 is 2.33 bits per heavy atom. The first-order valence-electron chi connectivity index (χ1n) is 3.72. The van der Waals surface area contributed by atoms with E-state index in [2.05, 4.69) is 15.9 Å². The van der Waals surface area contributed by atoms with Crippen LogP contribution in [-0.4, -0.2) is 9.97 Å². The lowest BCUT2D eigenvalue weighted by molar-refractivity contribution is 1.17. The van der Waals surface area contributed by atoms with Crippen LogP contribution in [0, 0.1) is 19.3 Å². The molecule has 0 aliphatic rings. The second-order valence-electron chi connectivity index (χ2n) is 2.70. The van der Waals surface area contributed by atoms with Gasteiger partial charge in [0.25, 0.3) is 0 Å². The Labute approximate surface area is 70.6 Å². The number of terminal acetylenes is 1. The summed E-state index contributed by atoms with van der Waals surface area (Å²) >= 11 is 0. The third-order valence-electron chi connectivity index (χ3n) is 1.77.